The fraction of sp³-hybridized carbons (Fsp3) is 0.458. The number of piperidine rings is 1. The minimum atomic E-state index is -0.145. The highest BCUT2D eigenvalue weighted by molar-refractivity contribution is 6.30. The Balaban J connectivity index is 1.56. The van der Waals surface area contributed by atoms with E-state index >= 15 is 0 Å². The summed E-state index contributed by atoms with van der Waals surface area (Å²) in [7, 11) is 0. The van der Waals surface area contributed by atoms with Gasteiger partial charge in [-0.25, -0.2) is 0 Å². The van der Waals surface area contributed by atoms with Crippen LogP contribution in [-0.4, -0.2) is 29.9 Å². The van der Waals surface area contributed by atoms with Crippen molar-refractivity contribution in [2.45, 2.75) is 52.1 Å². The zero-order valence-corrected chi connectivity index (χ0v) is 17.9. The highest BCUT2D eigenvalue weighted by atomic mass is 35.5. The van der Waals surface area contributed by atoms with Gasteiger partial charge in [0.1, 0.15) is 0 Å². The summed E-state index contributed by atoms with van der Waals surface area (Å²) >= 11 is 6.00. The highest BCUT2D eigenvalue weighted by Crippen LogP contribution is 2.29. The van der Waals surface area contributed by atoms with E-state index in [0.717, 1.165) is 37.5 Å². The van der Waals surface area contributed by atoms with Gasteiger partial charge in [0, 0.05) is 24.7 Å². The van der Waals surface area contributed by atoms with Crippen molar-refractivity contribution in [3.8, 4) is 0 Å². The fourth-order valence-corrected chi connectivity index (χ4v) is 4.03. The van der Waals surface area contributed by atoms with Crippen molar-refractivity contribution < 1.29 is 4.79 Å². The number of carbonyl (C=O) groups excluding carboxylic acids is 1. The van der Waals surface area contributed by atoms with E-state index < -0.39 is 0 Å². The van der Waals surface area contributed by atoms with Gasteiger partial charge in [0.25, 0.3) is 0 Å². The van der Waals surface area contributed by atoms with Gasteiger partial charge >= 0.3 is 0 Å². The van der Waals surface area contributed by atoms with E-state index in [2.05, 4.69) is 62.5 Å². The number of nitrogens with zero attached hydrogens (tertiary/aromatic N) is 1. The molecule has 4 heteroatoms. The highest BCUT2D eigenvalue weighted by Gasteiger charge is 2.30. The van der Waals surface area contributed by atoms with E-state index in [4.69, 9.17) is 11.6 Å². The molecule has 0 aliphatic carbocycles. The molecule has 3 nitrogen and oxygen atoms in total. The summed E-state index contributed by atoms with van der Waals surface area (Å²) in [6.07, 6.45) is 2.02. The lowest BCUT2D eigenvalue weighted by molar-refractivity contribution is -0.135. The van der Waals surface area contributed by atoms with Crippen molar-refractivity contribution >= 4 is 17.5 Å². The second-order valence-electron chi connectivity index (χ2n) is 8.24. The second kappa shape index (κ2) is 9.58. The minimum Gasteiger partial charge on any atom is -0.341 e. The first-order chi connectivity index (χ1) is 13.4. The molecule has 0 radical (unpaired) electrons. The summed E-state index contributed by atoms with van der Waals surface area (Å²) in [6.45, 7) is 8.68. The molecule has 1 atom stereocenters. The first-order valence-electron chi connectivity index (χ1n) is 10.3. The minimum absolute atomic E-state index is 0.145. The maximum absolute atomic E-state index is 13.1. The third-order valence-corrected chi connectivity index (χ3v) is 5.98. The third kappa shape index (κ3) is 5.36. The average Bonchev–Trinajstić information content (AvgIpc) is 2.70. The van der Waals surface area contributed by atoms with Crippen LogP contribution in [0.3, 0.4) is 0 Å². The van der Waals surface area contributed by atoms with Gasteiger partial charge in [-0.15, -0.1) is 0 Å². The van der Waals surface area contributed by atoms with Gasteiger partial charge in [-0.3, -0.25) is 4.79 Å². The van der Waals surface area contributed by atoms with Crippen LogP contribution in [0.1, 0.15) is 49.3 Å². The fourth-order valence-electron chi connectivity index (χ4n) is 3.91. The van der Waals surface area contributed by atoms with Crippen LogP contribution in [0.5, 0.6) is 0 Å². The number of hydrogen-bond donors (Lipinski definition) is 1. The van der Waals surface area contributed by atoms with Crippen molar-refractivity contribution in [2.24, 2.45) is 5.92 Å². The summed E-state index contributed by atoms with van der Waals surface area (Å²) in [5, 5.41) is 4.27. The topological polar surface area (TPSA) is 32.3 Å². The molecule has 1 N–H and O–H groups in total. The van der Waals surface area contributed by atoms with Crippen LogP contribution in [0.25, 0.3) is 0 Å². The molecule has 1 heterocycles. The molecule has 0 aromatic heterocycles. The maximum atomic E-state index is 13.1. The van der Waals surface area contributed by atoms with E-state index in [1.54, 1.807) is 0 Å². The molecule has 2 aromatic rings. The summed E-state index contributed by atoms with van der Waals surface area (Å²) in [6, 6.07) is 16.5. The molecule has 150 valence electrons. The van der Waals surface area contributed by atoms with Crippen LogP contribution < -0.4 is 5.32 Å². The zero-order valence-electron chi connectivity index (χ0n) is 17.1. The van der Waals surface area contributed by atoms with Crippen LogP contribution in [0.2, 0.25) is 5.02 Å². The number of carbonyl (C=O) groups is 1. The van der Waals surface area contributed by atoms with Crippen LogP contribution in [0.4, 0.5) is 0 Å². The summed E-state index contributed by atoms with van der Waals surface area (Å²) in [5.74, 6) is 1.00. The summed E-state index contributed by atoms with van der Waals surface area (Å²) in [5.41, 5.74) is 3.80. The zero-order chi connectivity index (χ0) is 20.1. The Morgan fingerprint density at radius 3 is 2.25 bits per heavy atom. The molecule has 1 unspecified atom stereocenters. The lowest BCUT2D eigenvalue weighted by Crippen LogP contribution is -2.51. The monoisotopic (exact) mass is 398 g/mol. The first-order valence-corrected chi connectivity index (χ1v) is 10.6. The predicted octanol–water partition coefficient (Wildman–Crippen LogP) is 5.17. The van der Waals surface area contributed by atoms with Gasteiger partial charge in [-0.1, -0.05) is 67.4 Å². The van der Waals surface area contributed by atoms with Crippen molar-refractivity contribution in [1.82, 2.24) is 10.2 Å². The molecule has 28 heavy (non-hydrogen) atoms. The molecule has 1 fully saturated rings. The van der Waals surface area contributed by atoms with Crippen molar-refractivity contribution in [1.29, 1.82) is 0 Å². The summed E-state index contributed by atoms with van der Waals surface area (Å²) in [4.78, 5) is 15.2. The van der Waals surface area contributed by atoms with E-state index in [1.807, 2.05) is 17.0 Å². The van der Waals surface area contributed by atoms with Crippen molar-refractivity contribution in [2.75, 3.05) is 13.1 Å². The van der Waals surface area contributed by atoms with Crippen molar-refractivity contribution in [3.63, 3.8) is 0 Å². The van der Waals surface area contributed by atoms with Crippen LogP contribution >= 0.6 is 11.6 Å². The van der Waals surface area contributed by atoms with Crippen LogP contribution in [0.15, 0.2) is 48.5 Å². The van der Waals surface area contributed by atoms with E-state index in [0.29, 0.717) is 5.92 Å². The lowest BCUT2D eigenvalue weighted by Gasteiger charge is -2.35. The van der Waals surface area contributed by atoms with Gasteiger partial charge < -0.3 is 10.2 Å². The van der Waals surface area contributed by atoms with Crippen LogP contribution in [0, 0.1) is 12.8 Å². The number of amides is 1. The maximum Gasteiger partial charge on any atom is 0.239 e. The molecular weight excluding hydrogens is 368 g/mol. The van der Waals surface area contributed by atoms with E-state index in [-0.39, 0.29) is 17.9 Å². The van der Waals surface area contributed by atoms with Gasteiger partial charge in [-0.2, -0.15) is 0 Å². The Morgan fingerprint density at radius 1 is 1.07 bits per heavy atom. The van der Waals surface area contributed by atoms with Gasteiger partial charge in [0.2, 0.25) is 5.91 Å². The lowest BCUT2D eigenvalue weighted by atomic mass is 9.89. The number of nitrogens with one attached hydrogen (secondary N) is 1. The molecule has 1 aliphatic heterocycles. The third-order valence-electron chi connectivity index (χ3n) is 5.73. The molecular formula is C24H31ClN2O. The van der Waals surface area contributed by atoms with Crippen LogP contribution in [-0.2, 0) is 11.3 Å². The average molecular weight is 399 g/mol. The Bertz CT molecular complexity index is 762. The van der Waals surface area contributed by atoms with Gasteiger partial charge in [-0.05, 0) is 54.9 Å². The molecule has 1 aliphatic rings. The van der Waals surface area contributed by atoms with E-state index in [1.165, 1.54) is 16.7 Å². The Labute approximate surface area is 174 Å². The molecule has 1 amide bonds. The number of halogens is 1. The van der Waals surface area contributed by atoms with E-state index in [9.17, 15) is 4.79 Å². The second-order valence-corrected chi connectivity index (χ2v) is 8.68. The molecule has 3 rings (SSSR count). The largest absolute Gasteiger partial charge is 0.341 e. The molecule has 0 spiro atoms. The molecule has 2 aromatic carbocycles. The number of likely N-dealkylation sites (tertiary alicyclic amines) is 1. The number of aryl methyl sites for hydroxylation is 1. The quantitative estimate of drug-likeness (QED) is 0.728. The first kappa shape index (κ1) is 20.9. The number of hydrogen-bond acceptors (Lipinski definition) is 2. The normalized spacial score (nSPS) is 16.4. The summed E-state index contributed by atoms with van der Waals surface area (Å²) < 4.78 is 0. The standard InChI is InChI=1S/C24H31ClN2O/c1-17(2)23(26-16-19-6-4-18(3)5-7-19)24(28)27-14-12-21(13-15-27)20-8-10-22(25)11-9-20/h4-11,17,21,23,26H,12-16H2,1-3H3. The Morgan fingerprint density at radius 2 is 1.68 bits per heavy atom. The van der Waals surface area contributed by atoms with Gasteiger partial charge in [0.15, 0.2) is 0 Å². The molecule has 0 saturated carbocycles. The number of benzene rings is 2. The Kier molecular flexibility index (Phi) is 7.14. The number of rotatable bonds is 6. The van der Waals surface area contributed by atoms with Crippen molar-refractivity contribution in [3.05, 3.63) is 70.2 Å². The predicted molar refractivity (Wildman–Crippen MR) is 117 cm³/mol. The van der Waals surface area contributed by atoms with Gasteiger partial charge in [0.05, 0.1) is 6.04 Å². The Hall–Kier alpha value is -1.84. The molecule has 1 saturated heterocycles. The SMILES string of the molecule is Cc1ccc(CNC(C(=O)N2CCC(c3ccc(Cl)cc3)CC2)C(C)C)cc1. The smallest absolute Gasteiger partial charge is 0.239 e. The molecule has 0 bridgehead atoms.